The topological polar surface area (TPSA) is 78.5 Å². The molecule has 6 nitrogen and oxygen atoms in total. The molecule has 0 saturated carbocycles. The Balaban J connectivity index is 2.28. The summed E-state index contributed by atoms with van der Waals surface area (Å²) in [5.74, 6) is -0.205. The number of anilines is 1. The average Bonchev–Trinajstić information content (AvgIpc) is 2.41. The molecule has 0 bridgehead atoms. The minimum absolute atomic E-state index is 0.205. The average molecular weight is 362 g/mol. The van der Waals surface area contributed by atoms with Crippen LogP contribution in [0.4, 0.5) is 5.69 Å². The molecule has 20 heavy (non-hydrogen) atoms. The van der Waals surface area contributed by atoms with E-state index in [0.29, 0.717) is 36.3 Å². The van der Waals surface area contributed by atoms with Crippen LogP contribution >= 0.6 is 15.9 Å². The summed E-state index contributed by atoms with van der Waals surface area (Å²) in [6, 6.07) is 4.61. The number of nitrogens with zero attached hydrogens (tertiary/aromatic N) is 1. The third-order valence-electron chi connectivity index (χ3n) is 2.96. The fourth-order valence-electron chi connectivity index (χ4n) is 1.98. The van der Waals surface area contributed by atoms with E-state index in [1.54, 1.807) is 6.07 Å². The molecule has 0 radical (unpaired) electrons. The van der Waals surface area contributed by atoms with Crippen LogP contribution in [0.15, 0.2) is 27.6 Å². The highest BCUT2D eigenvalue weighted by atomic mass is 79.9. The highest BCUT2D eigenvalue weighted by molar-refractivity contribution is 9.10. The van der Waals surface area contributed by atoms with E-state index < -0.39 is 10.0 Å². The van der Waals surface area contributed by atoms with Crippen LogP contribution in [0.3, 0.4) is 0 Å². The van der Waals surface area contributed by atoms with Gasteiger partial charge in [-0.2, -0.15) is 4.31 Å². The van der Waals surface area contributed by atoms with Crippen molar-refractivity contribution in [3.8, 4) is 0 Å². The van der Waals surface area contributed by atoms with Crippen LogP contribution in [0.2, 0.25) is 0 Å². The van der Waals surface area contributed by atoms with Crippen LogP contribution in [-0.2, 0) is 14.8 Å². The van der Waals surface area contributed by atoms with Crippen molar-refractivity contribution in [1.82, 2.24) is 9.62 Å². The van der Waals surface area contributed by atoms with Crippen molar-refractivity contribution in [3.05, 3.63) is 22.7 Å². The van der Waals surface area contributed by atoms with Gasteiger partial charge in [0.15, 0.2) is 0 Å². The largest absolute Gasteiger partial charge is 0.325 e. The Bertz CT molecular complexity index is 612. The third kappa shape index (κ3) is 3.38. The van der Waals surface area contributed by atoms with E-state index in [1.807, 2.05) is 0 Å². The predicted octanol–water partition coefficient (Wildman–Crippen LogP) is 1.00. The van der Waals surface area contributed by atoms with Crippen LogP contribution in [0.1, 0.15) is 6.92 Å². The van der Waals surface area contributed by atoms with Gasteiger partial charge in [0, 0.05) is 37.6 Å². The molecule has 1 aliphatic heterocycles. The van der Waals surface area contributed by atoms with Gasteiger partial charge in [-0.05, 0) is 34.1 Å². The van der Waals surface area contributed by atoms with Crippen molar-refractivity contribution in [2.75, 3.05) is 31.5 Å². The van der Waals surface area contributed by atoms with Gasteiger partial charge in [-0.25, -0.2) is 8.42 Å². The summed E-state index contributed by atoms with van der Waals surface area (Å²) in [6.07, 6.45) is 0. The highest BCUT2D eigenvalue weighted by Crippen LogP contribution is 2.27. The molecule has 1 aromatic rings. The lowest BCUT2D eigenvalue weighted by Gasteiger charge is -2.26. The van der Waals surface area contributed by atoms with E-state index in [4.69, 9.17) is 0 Å². The molecule has 0 aromatic heterocycles. The Morgan fingerprint density at radius 2 is 2.00 bits per heavy atom. The molecule has 1 aliphatic rings. The van der Waals surface area contributed by atoms with Crippen molar-refractivity contribution < 1.29 is 13.2 Å². The number of hydrogen-bond acceptors (Lipinski definition) is 4. The van der Waals surface area contributed by atoms with Crippen molar-refractivity contribution in [2.45, 2.75) is 11.8 Å². The summed E-state index contributed by atoms with van der Waals surface area (Å²) in [5.41, 5.74) is 0.553. The lowest BCUT2D eigenvalue weighted by molar-refractivity contribution is -0.114. The molecule has 1 heterocycles. The SMILES string of the molecule is CC(=O)Nc1ccc(S(=O)(=O)N2CCNCC2)cc1Br. The molecule has 0 spiro atoms. The summed E-state index contributed by atoms with van der Waals surface area (Å²) in [7, 11) is -3.48. The quantitative estimate of drug-likeness (QED) is 0.841. The first-order chi connectivity index (χ1) is 9.41. The molecule has 2 rings (SSSR count). The van der Waals surface area contributed by atoms with Gasteiger partial charge in [-0.15, -0.1) is 0 Å². The van der Waals surface area contributed by atoms with Crippen LogP contribution in [0.25, 0.3) is 0 Å². The number of sulfonamides is 1. The minimum atomic E-state index is -3.48. The zero-order valence-corrected chi connectivity index (χ0v) is 13.4. The number of benzene rings is 1. The van der Waals surface area contributed by atoms with Crippen molar-refractivity contribution in [2.24, 2.45) is 0 Å². The van der Waals surface area contributed by atoms with E-state index in [1.165, 1.54) is 23.4 Å². The normalized spacial score (nSPS) is 16.9. The third-order valence-corrected chi connectivity index (χ3v) is 5.52. The highest BCUT2D eigenvalue weighted by Gasteiger charge is 2.26. The maximum absolute atomic E-state index is 12.5. The monoisotopic (exact) mass is 361 g/mol. The molecule has 0 atom stereocenters. The van der Waals surface area contributed by atoms with Gasteiger partial charge in [0.25, 0.3) is 0 Å². The summed E-state index contributed by atoms with van der Waals surface area (Å²) < 4.78 is 26.9. The van der Waals surface area contributed by atoms with Gasteiger partial charge in [0.05, 0.1) is 10.6 Å². The first-order valence-corrected chi connectivity index (χ1v) is 8.42. The summed E-state index contributed by atoms with van der Waals surface area (Å²) in [5, 5.41) is 5.74. The Hall–Kier alpha value is -0.960. The molecule has 0 aliphatic carbocycles. The number of carbonyl (C=O) groups excluding carboxylic acids is 1. The molecule has 1 amide bonds. The number of hydrogen-bond donors (Lipinski definition) is 2. The second-order valence-corrected chi connectivity index (χ2v) is 7.27. The van der Waals surface area contributed by atoms with Crippen LogP contribution < -0.4 is 10.6 Å². The maximum atomic E-state index is 12.5. The Morgan fingerprint density at radius 1 is 1.35 bits per heavy atom. The molecule has 1 fully saturated rings. The van der Waals surface area contributed by atoms with Crippen LogP contribution in [-0.4, -0.2) is 44.8 Å². The maximum Gasteiger partial charge on any atom is 0.243 e. The molecule has 2 N–H and O–H groups in total. The second kappa shape index (κ2) is 6.21. The summed E-state index contributed by atoms with van der Waals surface area (Å²) >= 11 is 3.28. The van der Waals surface area contributed by atoms with Gasteiger partial charge in [0.1, 0.15) is 0 Å². The zero-order chi connectivity index (χ0) is 14.8. The first-order valence-electron chi connectivity index (χ1n) is 6.19. The van der Waals surface area contributed by atoms with Gasteiger partial charge in [-0.3, -0.25) is 4.79 Å². The predicted molar refractivity (Wildman–Crippen MR) is 80.1 cm³/mol. The van der Waals surface area contributed by atoms with Crippen LogP contribution in [0, 0.1) is 0 Å². The van der Waals surface area contributed by atoms with Crippen molar-refractivity contribution >= 4 is 37.5 Å². The lowest BCUT2D eigenvalue weighted by Crippen LogP contribution is -2.46. The van der Waals surface area contributed by atoms with Crippen LogP contribution in [0.5, 0.6) is 0 Å². The van der Waals surface area contributed by atoms with Crippen molar-refractivity contribution in [1.29, 1.82) is 0 Å². The summed E-state index contributed by atoms with van der Waals surface area (Å²) in [4.78, 5) is 11.3. The van der Waals surface area contributed by atoms with Gasteiger partial charge in [-0.1, -0.05) is 0 Å². The molecular formula is C12H16BrN3O3S. The molecule has 8 heteroatoms. The van der Waals surface area contributed by atoms with Gasteiger partial charge < -0.3 is 10.6 Å². The number of halogens is 1. The number of nitrogens with one attached hydrogen (secondary N) is 2. The Labute approximate surface area is 126 Å². The smallest absolute Gasteiger partial charge is 0.243 e. The minimum Gasteiger partial charge on any atom is -0.325 e. The Morgan fingerprint density at radius 3 is 2.55 bits per heavy atom. The van der Waals surface area contributed by atoms with E-state index in [9.17, 15) is 13.2 Å². The molecule has 0 unspecified atom stereocenters. The van der Waals surface area contributed by atoms with E-state index in [-0.39, 0.29) is 10.8 Å². The fraction of sp³-hybridized carbons (Fsp3) is 0.417. The number of piperazine rings is 1. The van der Waals surface area contributed by atoms with E-state index in [2.05, 4.69) is 26.6 Å². The van der Waals surface area contributed by atoms with Gasteiger partial charge >= 0.3 is 0 Å². The lowest BCUT2D eigenvalue weighted by atomic mass is 10.3. The number of amides is 1. The van der Waals surface area contributed by atoms with Crippen molar-refractivity contribution in [3.63, 3.8) is 0 Å². The Kier molecular flexibility index (Phi) is 4.79. The zero-order valence-electron chi connectivity index (χ0n) is 11.0. The fourth-order valence-corrected chi connectivity index (χ4v) is 4.08. The van der Waals surface area contributed by atoms with E-state index in [0.717, 1.165) is 0 Å². The molecular weight excluding hydrogens is 346 g/mol. The standard InChI is InChI=1S/C12H16BrN3O3S/c1-9(17)15-12-3-2-10(8-11(12)13)20(18,19)16-6-4-14-5-7-16/h2-3,8,14H,4-7H2,1H3,(H,15,17). The van der Waals surface area contributed by atoms with Gasteiger partial charge in [0.2, 0.25) is 15.9 Å². The van der Waals surface area contributed by atoms with E-state index >= 15 is 0 Å². The molecule has 1 aromatic carbocycles. The molecule has 110 valence electrons. The first kappa shape index (κ1) is 15.4. The number of carbonyl (C=O) groups is 1. The molecule has 1 saturated heterocycles. The second-order valence-electron chi connectivity index (χ2n) is 4.48. The number of rotatable bonds is 3. The summed E-state index contributed by atoms with van der Waals surface area (Å²) in [6.45, 7) is 3.65.